The second-order valence-corrected chi connectivity index (χ2v) is 6.61. The molecule has 0 aromatic carbocycles. The summed E-state index contributed by atoms with van der Waals surface area (Å²) in [6, 6.07) is 0.162. The molecular weight excluding hydrogens is 270 g/mol. The molecule has 3 aliphatic rings. The fraction of sp³-hybridized carbons (Fsp3) is 0.750. The van der Waals surface area contributed by atoms with Gasteiger partial charge in [-0.3, -0.25) is 9.59 Å². The van der Waals surface area contributed by atoms with E-state index in [0.717, 1.165) is 6.42 Å². The zero-order chi connectivity index (χ0) is 15.4. The molecule has 5 atom stereocenters. The van der Waals surface area contributed by atoms with Crippen molar-refractivity contribution in [3.8, 4) is 0 Å². The van der Waals surface area contributed by atoms with Gasteiger partial charge in [0, 0.05) is 6.04 Å². The summed E-state index contributed by atoms with van der Waals surface area (Å²) >= 11 is 0. The van der Waals surface area contributed by atoms with Gasteiger partial charge in [-0.15, -0.1) is 0 Å². The predicted octanol–water partition coefficient (Wildman–Crippen LogP) is 1.52. The Kier molecular flexibility index (Phi) is 3.35. The van der Waals surface area contributed by atoms with Gasteiger partial charge in [0.1, 0.15) is 11.5 Å². The number of ether oxygens (including phenoxy) is 2. The van der Waals surface area contributed by atoms with Crippen LogP contribution in [0.2, 0.25) is 0 Å². The number of amides is 1. The molecule has 21 heavy (non-hydrogen) atoms. The average Bonchev–Trinajstić information content (AvgIpc) is 3.05. The molecule has 116 valence electrons. The lowest BCUT2D eigenvalue weighted by Gasteiger charge is -2.26. The number of hydrogen-bond donors (Lipinski definition) is 0. The first kappa shape index (κ1) is 14.6. The normalized spacial score (nSPS) is 38.2. The lowest BCUT2D eigenvalue weighted by Crippen LogP contribution is -2.41. The average molecular weight is 293 g/mol. The van der Waals surface area contributed by atoms with Crippen molar-refractivity contribution < 1.29 is 19.1 Å². The maximum atomic E-state index is 12.8. The number of likely N-dealkylation sites (tertiary alicyclic amines) is 1. The molecule has 0 saturated carbocycles. The monoisotopic (exact) mass is 293 g/mol. The van der Waals surface area contributed by atoms with Gasteiger partial charge in [0.25, 0.3) is 0 Å². The van der Waals surface area contributed by atoms with Crippen molar-refractivity contribution in [2.45, 2.75) is 58.0 Å². The molecule has 0 aromatic rings. The van der Waals surface area contributed by atoms with E-state index in [9.17, 15) is 9.59 Å². The van der Waals surface area contributed by atoms with E-state index in [-0.39, 0.29) is 30.1 Å². The van der Waals surface area contributed by atoms with Crippen LogP contribution in [0.15, 0.2) is 12.2 Å². The standard InChI is InChI=1S/C16H23NO4/c1-5-10(4)17-8-16-7-6-11(21-16)12(13(16)14(17)18)15(19)20-9(2)3/h6-7,9-13H,5,8H2,1-4H3/t10-,11-,12+,13+,16-/m1/s1. The molecule has 2 fully saturated rings. The number of esters is 1. The first-order valence-electron chi connectivity index (χ1n) is 7.77. The quantitative estimate of drug-likeness (QED) is 0.582. The maximum absolute atomic E-state index is 12.8. The summed E-state index contributed by atoms with van der Waals surface area (Å²) in [5, 5.41) is 0. The highest BCUT2D eigenvalue weighted by Crippen LogP contribution is 2.52. The first-order valence-corrected chi connectivity index (χ1v) is 7.77. The Morgan fingerprint density at radius 3 is 2.86 bits per heavy atom. The number of rotatable bonds is 4. The first-order chi connectivity index (χ1) is 9.89. The molecule has 0 N–H and O–H groups in total. The van der Waals surface area contributed by atoms with Crippen LogP contribution >= 0.6 is 0 Å². The Morgan fingerprint density at radius 1 is 1.52 bits per heavy atom. The van der Waals surface area contributed by atoms with Crippen molar-refractivity contribution in [3.63, 3.8) is 0 Å². The van der Waals surface area contributed by atoms with Crippen LogP contribution in [0.1, 0.15) is 34.1 Å². The molecular formula is C16H23NO4. The highest BCUT2D eigenvalue weighted by Gasteiger charge is 2.67. The van der Waals surface area contributed by atoms with Crippen LogP contribution in [0.25, 0.3) is 0 Å². The third kappa shape index (κ3) is 2.01. The van der Waals surface area contributed by atoms with Crippen LogP contribution in [0.3, 0.4) is 0 Å². The van der Waals surface area contributed by atoms with Crippen molar-refractivity contribution in [3.05, 3.63) is 12.2 Å². The van der Waals surface area contributed by atoms with Gasteiger partial charge in [-0.2, -0.15) is 0 Å². The second-order valence-electron chi connectivity index (χ2n) is 6.61. The SMILES string of the molecule is CC[C@@H](C)N1C[C@@]23C=C[C@@H](O2)[C@H](C(=O)OC(C)C)[C@H]3C1=O. The fourth-order valence-electron chi connectivity index (χ4n) is 3.70. The molecule has 1 spiro atoms. The van der Waals surface area contributed by atoms with Gasteiger partial charge in [0.15, 0.2) is 0 Å². The summed E-state index contributed by atoms with van der Waals surface area (Å²) in [4.78, 5) is 27.0. The molecule has 0 aromatic heterocycles. The van der Waals surface area contributed by atoms with E-state index in [1.54, 1.807) is 0 Å². The van der Waals surface area contributed by atoms with Crippen molar-refractivity contribution in [2.24, 2.45) is 11.8 Å². The summed E-state index contributed by atoms with van der Waals surface area (Å²) in [5.74, 6) is -1.21. The van der Waals surface area contributed by atoms with Crippen LogP contribution in [0.5, 0.6) is 0 Å². The van der Waals surface area contributed by atoms with Crippen LogP contribution in [-0.2, 0) is 19.1 Å². The Balaban J connectivity index is 1.88. The minimum absolute atomic E-state index is 0.0295. The second kappa shape index (κ2) is 4.83. The highest BCUT2D eigenvalue weighted by molar-refractivity contribution is 5.91. The molecule has 3 aliphatic heterocycles. The number of nitrogens with zero attached hydrogens (tertiary/aromatic N) is 1. The molecule has 5 heteroatoms. The van der Waals surface area contributed by atoms with Crippen molar-refractivity contribution in [1.29, 1.82) is 0 Å². The van der Waals surface area contributed by atoms with Crippen molar-refractivity contribution >= 4 is 11.9 Å². The van der Waals surface area contributed by atoms with Gasteiger partial charge in [-0.05, 0) is 27.2 Å². The van der Waals surface area contributed by atoms with E-state index in [1.807, 2.05) is 37.8 Å². The smallest absolute Gasteiger partial charge is 0.313 e. The Labute approximate surface area is 125 Å². The fourth-order valence-corrected chi connectivity index (χ4v) is 3.70. The lowest BCUT2D eigenvalue weighted by atomic mass is 9.77. The van der Waals surface area contributed by atoms with E-state index in [4.69, 9.17) is 9.47 Å². The van der Waals surface area contributed by atoms with Crippen LogP contribution < -0.4 is 0 Å². The van der Waals surface area contributed by atoms with E-state index in [0.29, 0.717) is 6.54 Å². The Hall–Kier alpha value is -1.36. The van der Waals surface area contributed by atoms with Gasteiger partial charge < -0.3 is 14.4 Å². The van der Waals surface area contributed by atoms with E-state index in [2.05, 4.69) is 6.92 Å². The van der Waals surface area contributed by atoms with Crippen LogP contribution in [-0.4, -0.2) is 47.2 Å². The minimum atomic E-state index is -0.619. The summed E-state index contributed by atoms with van der Waals surface area (Å²) in [6.07, 6.45) is 4.28. The van der Waals surface area contributed by atoms with Gasteiger partial charge in [0.05, 0.1) is 24.7 Å². The lowest BCUT2D eigenvalue weighted by molar-refractivity contribution is -0.157. The molecule has 1 amide bonds. The van der Waals surface area contributed by atoms with Crippen molar-refractivity contribution in [2.75, 3.05) is 6.54 Å². The van der Waals surface area contributed by atoms with E-state index < -0.39 is 17.4 Å². The number of fused-ring (bicyclic) bond motifs is 1. The maximum Gasteiger partial charge on any atom is 0.313 e. The molecule has 0 radical (unpaired) electrons. The topological polar surface area (TPSA) is 55.8 Å². The van der Waals surface area contributed by atoms with Crippen LogP contribution in [0, 0.1) is 11.8 Å². The highest BCUT2D eigenvalue weighted by atomic mass is 16.6. The summed E-state index contributed by atoms with van der Waals surface area (Å²) < 4.78 is 11.4. The summed E-state index contributed by atoms with van der Waals surface area (Å²) in [6.45, 7) is 8.28. The van der Waals surface area contributed by atoms with Gasteiger partial charge in [-0.1, -0.05) is 19.1 Å². The molecule has 2 bridgehead atoms. The Bertz CT molecular complexity index is 501. The zero-order valence-electron chi connectivity index (χ0n) is 13.0. The third-order valence-electron chi connectivity index (χ3n) is 4.88. The molecule has 3 heterocycles. The number of carbonyl (C=O) groups is 2. The summed E-state index contributed by atoms with van der Waals surface area (Å²) in [7, 11) is 0. The third-order valence-corrected chi connectivity index (χ3v) is 4.88. The largest absolute Gasteiger partial charge is 0.463 e. The van der Waals surface area contributed by atoms with E-state index in [1.165, 1.54) is 0 Å². The van der Waals surface area contributed by atoms with Gasteiger partial charge >= 0.3 is 5.97 Å². The van der Waals surface area contributed by atoms with Gasteiger partial charge in [-0.25, -0.2) is 0 Å². The minimum Gasteiger partial charge on any atom is -0.463 e. The zero-order valence-corrected chi connectivity index (χ0v) is 13.0. The number of carbonyl (C=O) groups excluding carboxylic acids is 2. The molecule has 2 saturated heterocycles. The van der Waals surface area contributed by atoms with Gasteiger partial charge in [0.2, 0.25) is 5.91 Å². The molecule has 3 rings (SSSR count). The molecule has 0 unspecified atom stereocenters. The van der Waals surface area contributed by atoms with Crippen molar-refractivity contribution in [1.82, 2.24) is 4.90 Å². The van der Waals surface area contributed by atoms with Crippen LogP contribution in [0.4, 0.5) is 0 Å². The predicted molar refractivity (Wildman–Crippen MR) is 76.4 cm³/mol. The Morgan fingerprint density at radius 2 is 2.24 bits per heavy atom. The van der Waals surface area contributed by atoms with E-state index >= 15 is 0 Å². The molecule has 5 nitrogen and oxygen atoms in total. The molecule has 0 aliphatic carbocycles. The summed E-state index contributed by atoms with van der Waals surface area (Å²) in [5.41, 5.74) is -0.619. The number of hydrogen-bond acceptors (Lipinski definition) is 4.